The van der Waals surface area contributed by atoms with Gasteiger partial charge in [-0.2, -0.15) is 0 Å². The second kappa shape index (κ2) is 7.35. The molecule has 0 bridgehead atoms. The number of hydrogen-bond acceptors (Lipinski definition) is 4. The maximum absolute atomic E-state index is 11.6. The van der Waals surface area contributed by atoms with E-state index in [9.17, 15) is 9.90 Å². The highest BCUT2D eigenvalue weighted by Gasteiger charge is 2.19. The van der Waals surface area contributed by atoms with Crippen LogP contribution in [0.25, 0.3) is 5.57 Å². The molecule has 0 unspecified atom stereocenters. The second-order valence-corrected chi connectivity index (χ2v) is 4.72. The smallest absolute Gasteiger partial charge is 0.339 e. The summed E-state index contributed by atoms with van der Waals surface area (Å²) < 4.78 is 16.1. The number of carboxylic acids is 1. The predicted molar refractivity (Wildman–Crippen MR) is 86.7 cm³/mol. The van der Waals surface area contributed by atoms with E-state index in [4.69, 9.17) is 14.2 Å². The first-order chi connectivity index (χ1) is 11.1. The van der Waals surface area contributed by atoms with E-state index in [-0.39, 0.29) is 5.57 Å². The van der Waals surface area contributed by atoms with Gasteiger partial charge in [0.25, 0.3) is 0 Å². The number of carboxylic acid groups (broad SMARTS) is 1. The second-order valence-electron chi connectivity index (χ2n) is 4.72. The van der Waals surface area contributed by atoms with Crippen molar-refractivity contribution in [2.75, 3.05) is 14.2 Å². The third kappa shape index (κ3) is 3.83. The molecule has 0 aromatic heterocycles. The molecule has 23 heavy (non-hydrogen) atoms. The summed E-state index contributed by atoms with van der Waals surface area (Å²) >= 11 is 0. The predicted octanol–water partition coefficient (Wildman–Crippen LogP) is 3.95. The first kappa shape index (κ1) is 16.4. The van der Waals surface area contributed by atoms with Crippen LogP contribution >= 0.6 is 0 Å². The van der Waals surface area contributed by atoms with Gasteiger partial charge in [-0.15, -0.1) is 0 Å². The van der Waals surface area contributed by atoms with Crippen molar-refractivity contribution in [3.05, 3.63) is 59.9 Å². The lowest BCUT2D eigenvalue weighted by atomic mass is 10.0. The lowest BCUT2D eigenvalue weighted by Crippen LogP contribution is -2.05. The van der Waals surface area contributed by atoms with E-state index in [1.54, 1.807) is 62.6 Å². The van der Waals surface area contributed by atoms with Gasteiger partial charge >= 0.3 is 5.97 Å². The van der Waals surface area contributed by atoms with Gasteiger partial charge in [0.2, 0.25) is 0 Å². The lowest BCUT2D eigenvalue weighted by Gasteiger charge is -2.14. The van der Waals surface area contributed by atoms with E-state index in [1.807, 2.05) is 0 Å². The molecule has 0 aliphatic carbocycles. The van der Waals surface area contributed by atoms with E-state index in [0.717, 1.165) is 0 Å². The molecule has 0 saturated carbocycles. The summed E-state index contributed by atoms with van der Waals surface area (Å²) in [6, 6.07) is 14.0. The largest absolute Gasteiger partial charge is 0.500 e. The molecule has 0 radical (unpaired) electrons. The Morgan fingerprint density at radius 2 is 1.70 bits per heavy atom. The Bertz CT molecular complexity index is 734. The highest BCUT2D eigenvalue weighted by Crippen LogP contribution is 2.33. The molecule has 5 nitrogen and oxygen atoms in total. The van der Waals surface area contributed by atoms with E-state index in [2.05, 4.69) is 0 Å². The number of rotatable bonds is 6. The zero-order valence-electron chi connectivity index (χ0n) is 13.2. The molecule has 0 aliphatic heterocycles. The zero-order valence-corrected chi connectivity index (χ0v) is 13.2. The number of ether oxygens (including phenoxy) is 3. The Hall–Kier alpha value is -2.95. The summed E-state index contributed by atoms with van der Waals surface area (Å²) in [5.74, 6) is 0.860. The summed E-state index contributed by atoms with van der Waals surface area (Å²) in [6.45, 7) is 1.60. The molecule has 120 valence electrons. The molecule has 2 aromatic rings. The quantitative estimate of drug-likeness (QED) is 0.646. The van der Waals surface area contributed by atoms with Crippen LogP contribution in [-0.4, -0.2) is 25.3 Å². The van der Waals surface area contributed by atoms with E-state index >= 15 is 0 Å². The van der Waals surface area contributed by atoms with Crippen LogP contribution in [0.5, 0.6) is 17.2 Å². The zero-order chi connectivity index (χ0) is 16.8. The lowest BCUT2D eigenvalue weighted by molar-refractivity contribution is -0.130. The van der Waals surface area contributed by atoms with Gasteiger partial charge in [0.05, 0.1) is 14.2 Å². The maximum Gasteiger partial charge on any atom is 0.339 e. The highest BCUT2D eigenvalue weighted by molar-refractivity contribution is 6.16. The third-order valence-electron chi connectivity index (χ3n) is 3.30. The molecule has 0 saturated heterocycles. The maximum atomic E-state index is 11.6. The average Bonchev–Trinajstić information content (AvgIpc) is 2.56. The first-order valence-electron chi connectivity index (χ1n) is 6.96. The summed E-state index contributed by atoms with van der Waals surface area (Å²) in [5, 5.41) is 9.49. The molecular weight excluding hydrogens is 296 g/mol. The molecule has 0 fully saturated rings. The number of allylic oxidation sites excluding steroid dienone is 1. The van der Waals surface area contributed by atoms with E-state index in [0.29, 0.717) is 28.6 Å². The van der Waals surface area contributed by atoms with Crippen LogP contribution in [0.2, 0.25) is 0 Å². The van der Waals surface area contributed by atoms with Crippen LogP contribution in [0.15, 0.2) is 54.3 Å². The van der Waals surface area contributed by atoms with Crippen LogP contribution in [0.1, 0.15) is 12.5 Å². The van der Waals surface area contributed by atoms with Crippen molar-refractivity contribution in [3.8, 4) is 17.2 Å². The van der Waals surface area contributed by atoms with Gasteiger partial charge in [-0.3, -0.25) is 0 Å². The topological polar surface area (TPSA) is 65.0 Å². The van der Waals surface area contributed by atoms with Gasteiger partial charge in [-0.1, -0.05) is 24.3 Å². The van der Waals surface area contributed by atoms with Crippen molar-refractivity contribution in [1.82, 2.24) is 0 Å². The number of hydrogen-bond donors (Lipinski definition) is 1. The number of aliphatic carboxylic acids is 1. The van der Waals surface area contributed by atoms with Crippen molar-refractivity contribution in [1.29, 1.82) is 0 Å². The van der Waals surface area contributed by atoms with E-state index < -0.39 is 5.97 Å². The molecule has 0 amide bonds. The van der Waals surface area contributed by atoms with Crippen LogP contribution < -0.4 is 9.47 Å². The van der Waals surface area contributed by atoms with Gasteiger partial charge in [0, 0.05) is 11.6 Å². The van der Waals surface area contributed by atoms with Crippen molar-refractivity contribution >= 4 is 11.5 Å². The fraction of sp³-hybridized carbons (Fsp3) is 0.167. The Morgan fingerprint density at radius 1 is 1.00 bits per heavy atom. The fourth-order valence-electron chi connectivity index (χ4n) is 2.11. The third-order valence-corrected chi connectivity index (χ3v) is 3.30. The van der Waals surface area contributed by atoms with Crippen molar-refractivity contribution in [2.24, 2.45) is 0 Å². The summed E-state index contributed by atoms with van der Waals surface area (Å²) in [4.78, 5) is 11.6. The number of benzene rings is 2. The highest BCUT2D eigenvalue weighted by atomic mass is 16.5. The average molecular weight is 314 g/mol. The van der Waals surface area contributed by atoms with Crippen molar-refractivity contribution in [3.63, 3.8) is 0 Å². The monoisotopic (exact) mass is 314 g/mol. The Morgan fingerprint density at radius 3 is 2.35 bits per heavy atom. The van der Waals surface area contributed by atoms with Gasteiger partial charge in [0.15, 0.2) is 0 Å². The van der Waals surface area contributed by atoms with Gasteiger partial charge in [-0.05, 0) is 25.1 Å². The first-order valence-corrected chi connectivity index (χ1v) is 6.96. The van der Waals surface area contributed by atoms with Gasteiger partial charge in [-0.25, -0.2) is 4.79 Å². The fourth-order valence-corrected chi connectivity index (χ4v) is 2.11. The van der Waals surface area contributed by atoms with Crippen LogP contribution in [0.4, 0.5) is 0 Å². The standard InChI is InChI=1S/C18H18O5/c1-12(21-2)17(18(19)20)15-9-4-5-10-16(15)23-14-8-6-7-13(11-14)22-3/h4-11H,1-3H3,(H,19,20)/b17-12+. The Kier molecular flexibility index (Phi) is 5.25. The van der Waals surface area contributed by atoms with Crippen molar-refractivity contribution < 1.29 is 24.1 Å². The summed E-state index contributed by atoms with van der Waals surface area (Å²) in [6.07, 6.45) is 0. The van der Waals surface area contributed by atoms with Crippen LogP contribution in [-0.2, 0) is 9.53 Å². The molecule has 5 heteroatoms. The SMILES string of the molecule is CO/C(C)=C(/C(=O)O)c1ccccc1Oc1cccc(OC)c1. The van der Waals surface area contributed by atoms with E-state index in [1.165, 1.54) is 7.11 Å². The minimum absolute atomic E-state index is 0.0611. The van der Waals surface area contributed by atoms with Gasteiger partial charge in [0.1, 0.15) is 28.6 Å². The normalized spacial score (nSPS) is 11.4. The molecule has 0 heterocycles. The summed E-state index contributed by atoms with van der Waals surface area (Å²) in [5.41, 5.74) is 0.508. The van der Waals surface area contributed by atoms with Crippen LogP contribution in [0.3, 0.4) is 0 Å². The number of carbonyl (C=O) groups is 1. The molecule has 2 rings (SSSR count). The molecular formula is C18H18O5. The summed E-state index contributed by atoms with van der Waals surface area (Å²) in [7, 11) is 3.00. The molecule has 1 N–H and O–H groups in total. The van der Waals surface area contributed by atoms with Gasteiger partial charge < -0.3 is 19.3 Å². The minimum Gasteiger partial charge on any atom is -0.500 e. The number of methoxy groups -OCH3 is 2. The Labute approximate surface area is 134 Å². The molecule has 0 aliphatic rings. The minimum atomic E-state index is -1.08. The molecule has 0 atom stereocenters. The van der Waals surface area contributed by atoms with Crippen LogP contribution in [0, 0.1) is 0 Å². The molecule has 0 spiro atoms. The van der Waals surface area contributed by atoms with Crippen molar-refractivity contribution in [2.45, 2.75) is 6.92 Å². The Balaban J connectivity index is 2.47. The number of para-hydroxylation sites is 1. The molecule has 2 aromatic carbocycles.